The van der Waals surface area contributed by atoms with Gasteiger partial charge in [0.1, 0.15) is 11.6 Å². The van der Waals surface area contributed by atoms with Crippen LogP contribution in [0.3, 0.4) is 0 Å². The molecule has 3 nitrogen and oxygen atoms in total. The maximum absolute atomic E-state index is 13.3. The molecular weight excluding hydrogens is 333 g/mol. The van der Waals surface area contributed by atoms with Crippen LogP contribution in [0.25, 0.3) is 5.70 Å². The van der Waals surface area contributed by atoms with Gasteiger partial charge in [0.05, 0.1) is 5.70 Å². The summed E-state index contributed by atoms with van der Waals surface area (Å²) in [7, 11) is 0. The fraction of sp³-hybridized carbons (Fsp3) is 0.231. The van der Waals surface area contributed by atoms with E-state index in [2.05, 4.69) is 0 Å². The Hall–Kier alpha value is -2.57. The molecule has 0 fully saturated rings. The smallest absolute Gasteiger partial charge is 0.397 e. The first-order valence-electron chi connectivity index (χ1n) is 5.70. The Kier molecular flexibility index (Phi) is 4.74. The van der Waals surface area contributed by atoms with E-state index in [9.17, 15) is 35.5 Å². The Bertz CT molecular complexity index is 672. The molecule has 1 rings (SSSR count). The standard InChI is InChI=1S/C13H7F7N2O/c14-11(15,12(16,17)13(18,19)20)10(23)8(6-21)9(22)7-4-2-1-3-5-7/h1-5H,22H2/b9-8-. The molecule has 1 aromatic rings. The third-order valence-corrected chi connectivity index (χ3v) is 2.73. The Morgan fingerprint density at radius 1 is 1.00 bits per heavy atom. The van der Waals surface area contributed by atoms with Crippen molar-refractivity contribution in [1.29, 1.82) is 5.26 Å². The monoisotopic (exact) mass is 340 g/mol. The second-order valence-electron chi connectivity index (χ2n) is 4.24. The molecule has 1 aromatic carbocycles. The first-order chi connectivity index (χ1) is 10.4. The number of nitrogens with two attached hydrogens (primary N) is 1. The SMILES string of the molecule is N#C/C(C(=O)C(F)(F)C(F)(F)C(F)(F)F)=C(/N)c1ccccc1. The Labute approximate surface area is 124 Å². The number of ketones is 1. The molecule has 0 aliphatic heterocycles. The molecule has 0 atom stereocenters. The predicted octanol–water partition coefficient (Wildman–Crippen LogP) is 3.28. The lowest BCUT2D eigenvalue weighted by molar-refractivity contribution is -0.342. The molecule has 0 bridgehead atoms. The van der Waals surface area contributed by atoms with Gasteiger partial charge in [-0.2, -0.15) is 36.0 Å². The topological polar surface area (TPSA) is 66.9 Å². The van der Waals surface area contributed by atoms with Crippen LogP contribution in [0, 0.1) is 11.3 Å². The van der Waals surface area contributed by atoms with Crippen LogP contribution in [0.2, 0.25) is 0 Å². The minimum atomic E-state index is -6.69. The van der Waals surface area contributed by atoms with Crippen LogP contribution in [0.5, 0.6) is 0 Å². The number of rotatable bonds is 4. The normalized spacial score (nSPS) is 14.0. The summed E-state index contributed by atoms with van der Waals surface area (Å²) < 4.78 is 88.6. The molecule has 0 heterocycles. The number of benzene rings is 1. The summed E-state index contributed by atoms with van der Waals surface area (Å²) in [5, 5.41) is 8.69. The van der Waals surface area contributed by atoms with Gasteiger partial charge in [0.2, 0.25) is 0 Å². The molecule has 0 aliphatic rings. The minimum absolute atomic E-state index is 0.163. The van der Waals surface area contributed by atoms with Gasteiger partial charge in [-0.25, -0.2) is 0 Å². The fourth-order valence-corrected chi connectivity index (χ4v) is 1.47. The van der Waals surface area contributed by atoms with Gasteiger partial charge in [-0.15, -0.1) is 0 Å². The molecule has 0 saturated carbocycles. The van der Waals surface area contributed by atoms with Crippen LogP contribution < -0.4 is 5.73 Å². The number of hydrogen-bond acceptors (Lipinski definition) is 3. The molecule has 0 unspecified atom stereocenters. The van der Waals surface area contributed by atoms with Crippen molar-refractivity contribution >= 4 is 11.5 Å². The summed E-state index contributed by atoms with van der Waals surface area (Å²) in [4.78, 5) is 11.4. The van der Waals surface area contributed by atoms with Crippen LogP contribution in [0.15, 0.2) is 35.9 Å². The lowest BCUT2D eigenvalue weighted by Gasteiger charge is -2.26. The van der Waals surface area contributed by atoms with Gasteiger partial charge >= 0.3 is 18.0 Å². The molecule has 0 saturated heterocycles. The second kappa shape index (κ2) is 5.91. The van der Waals surface area contributed by atoms with E-state index in [0.717, 1.165) is 18.2 Å². The maximum atomic E-state index is 13.3. The summed E-state index contributed by atoms with van der Waals surface area (Å²) in [6.07, 6.45) is -6.69. The highest BCUT2D eigenvalue weighted by Crippen LogP contribution is 2.47. The molecule has 0 spiro atoms. The van der Waals surface area contributed by atoms with Crippen molar-refractivity contribution in [1.82, 2.24) is 0 Å². The van der Waals surface area contributed by atoms with Crippen molar-refractivity contribution in [2.24, 2.45) is 5.73 Å². The zero-order chi connectivity index (χ0) is 18.1. The van der Waals surface area contributed by atoms with Crippen molar-refractivity contribution in [2.45, 2.75) is 18.0 Å². The largest absolute Gasteiger partial charge is 0.460 e. The summed E-state index contributed by atoms with van der Waals surface area (Å²) >= 11 is 0. The van der Waals surface area contributed by atoms with Gasteiger partial charge in [0.25, 0.3) is 5.78 Å². The number of carbonyl (C=O) groups excluding carboxylic acids is 1. The molecule has 0 radical (unpaired) electrons. The van der Waals surface area contributed by atoms with E-state index in [0.29, 0.717) is 0 Å². The van der Waals surface area contributed by atoms with E-state index in [1.54, 1.807) is 0 Å². The summed E-state index contributed by atoms with van der Waals surface area (Å²) in [6, 6.07) is 7.26. The number of nitriles is 1. The Balaban J connectivity index is 3.44. The highest BCUT2D eigenvalue weighted by Gasteiger charge is 2.76. The first kappa shape index (κ1) is 18.5. The first-order valence-corrected chi connectivity index (χ1v) is 5.70. The average molecular weight is 340 g/mol. The Morgan fingerprint density at radius 3 is 1.87 bits per heavy atom. The van der Waals surface area contributed by atoms with Crippen LogP contribution in [-0.4, -0.2) is 23.8 Å². The minimum Gasteiger partial charge on any atom is -0.397 e. The quantitative estimate of drug-likeness (QED) is 0.520. The van der Waals surface area contributed by atoms with Crippen LogP contribution in [0.4, 0.5) is 30.7 Å². The van der Waals surface area contributed by atoms with Crippen molar-refractivity contribution in [3.05, 3.63) is 41.5 Å². The molecule has 0 aromatic heterocycles. The van der Waals surface area contributed by atoms with Gasteiger partial charge in [-0.3, -0.25) is 4.79 Å². The van der Waals surface area contributed by atoms with Gasteiger partial charge in [-0.05, 0) is 5.56 Å². The fourth-order valence-electron chi connectivity index (χ4n) is 1.47. The second-order valence-corrected chi connectivity index (χ2v) is 4.24. The predicted molar refractivity (Wildman–Crippen MR) is 64.1 cm³/mol. The van der Waals surface area contributed by atoms with Gasteiger partial charge in [-0.1, -0.05) is 30.3 Å². The zero-order valence-corrected chi connectivity index (χ0v) is 11.0. The molecule has 2 N–H and O–H groups in total. The molecule has 10 heteroatoms. The number of Topliss-reactive ketones (excluding diaryl/α,β-unsaturated/α-hetero) is 1. The van der Waals surface area contributed by atoms with E-state index < -0.39 is 35.1 Å². The van der Waals surface area contributed by atoms with Gasteiger partial charge < -0.3 is 5.73 Å². The number of allylic oxidation sites excluding steroid dienone is 1. The molecule has 23 heavy (non-hydrogen) atoms. The molecular formula is C13H7F7N2O. The van der Waals surface area contributed by atoms with Gasteiger partial charge in [0.15, 0.2) is 0 Å². The van der Waals surface area contributed by atoms with Crippen LogP contribution in [-0.2, 0) is 4.79 Å². The highest BCUT2D eigenvalue weighted by molar-refractivity contribution is 6.10. The average Bonchev–Trinajstić information content (AvgIpc) is 2.47. The van der Waals surface area contributed by atoms with E-state index >= 15 is 0 Å². The van der Waals surface area contributed by atoms with Crippen LogP contribution >= 0.6 is 0 Å². The molecule has 0 amide bonds. The van der Waals surface area contributed by atoms with E-state index in [1.165, 1.54) is 18.2 Å². The number of nitrogens with zero attached hydrogens (tertiary/aromatic N) is 1. The summed E-state index contributed by atoms with van der Waals surface area (Å²) in [6.45, 7) is 0. The van der Waals surface area contributed by atoms with Crippen molar-refractivity contribution in [2.75, 3.05) is 0 Å². The number of hydrogen-bond donors (Lipinski definition) is 1. The molecule has 124 valence electrons. The number of carbonyl (C=O) groups is 1. The summed E-state index contributed by atoms with van der Waals surface area (Å²) in [5.41, 5.74) is 2.49. The van der Waals surface area contributed by atoms with Crippen molar-refractivity contribution in [3.63, 3.8) is 0 Å². The van der Waals surface area contributed by atoms with Crippen molar-refractivity contribution in [3.8, 4) is 6.07 Å². The maximum Gasteiger partial charge on any atom is 0.460 e. The van der Waals surface area contributed by atoms with Gasteiger partial charge in [0, 0.05) is 0 Å². The third kappa shape index (κ3) is 3.13. The lowest BCUT2D eigenvalue weighted by Crippen LogP contribution is -2.56. The third-order valence-electron chi connectivity index (χ3n) is 2.73. The lowest BCUT2D eigenvalue weighted by atomic mass is 9.97. The number of halogens is 7. The zero-order valence-electron chi connectivity index (χ0n) is 11.0. The van der Waals surface area contributed by atoms with E-state index in [4.69, 9.17) is 11.0 Å². The summed E-state index contributed by atoms with van der Waals surface area (Å²) in [5.74, 6) is -15.9. The highest BCUT2D eigenvalue weighted by atomic mass is 19.4. The number of alkyl halides is 7. The molecule has 0 aliphatic carbocycles. The Morgan fingerprint density at radius 2 is 1.48 bits per heavy atom. The van der Waals surface area contributed by atoms with E-state index in [-0.39, 0.29) is 5.56 Å². The van der Waals surface area contributed by atoms with E-state index in [1.807, 2.05) is 0 Å². The van der Waals surface area contributed by atoms with Crippen molar-refractivity contribution < 1.29 is 35.5 Å². The van der Waals surface area contributed by atoms with Crippen LogP contribution in [0.1, 0.15) is 5.56 Å².